The van der Waals surface area contributed by atoms with Gasteiger partial charge in [0.05, 0.1) is 21.7 Å². The summed E-state index contributed by atoms with van der Waals surface area (Å²) in [5.41, 5.74) is 3.87. The fourth-order valence-corrected chi connectivity index (χ4v) is 11.3. The molecule has 57 heavy (non-hydrogen) atoms. The first-order valence-electron chi connectivity index (χ1n) is 19.5. The maximum atomic E-state index is 13.8. The summed E-state index contributed by atoms with van der Waals surface area (Å²) in [5, 5.41) is 11.8. The molecule has 2 saturated carbocycles. The van der Waals surface area contributed by atoms with Crippen LogP contribution in [0.3, 0.4) is 0 Å². The topological polar surface area (TPSA) is 140 Å². The van der Waals surface area contributed by atoms with Crippen molar-refractivity contribution in [2.24, 2.45) is 22.2 Å². The second kappa shape index (κ2) is 12.9. The molecule has 3 aromatic carbocycles. The fourth-order valence-electron chi connectivity index (χ4n) is 11.1. The zero-order valence-electron chi connectivity index (χ0n) is 32.3. The Labute approximate surface area is 336 Å². The minimum Gasteiger partial charge on any atom is -0.489 e. The lowest BCUT2D eigenvalue weighted by atomic mass is 9.49. The van der Waals surface area contributed by atoms with E-state index < -0.39 is 29.7 Å². The Morgan fingerprint density at radius 2 is 1.61 bits per heavy atom. The van der Waals surface area contributed by atoms with Crippen molar-refractivity contribution < 1.29 is 28.7 Å². The number of anilines is 1. The van der Waals surface area contributed by atoms with E-state index in [9.17, 15) is 29.2 Å². The summed E-state index contributed by atoms with van der Waals surface area (Å²) in [7, 11) is 0. The summed E-state index contributed by atoms with van der Waals surface area (Å²) in [6.45, 7) is 10.7. The van der Waals surface area contributed by atoms with E-state index in [0.29, 0.717) is 34.0 Å². The van der Waals surface area contributed by atoms with Crippen molar-refractivity contribution in [2.45, 2.75) is 84.5 Å². The molecule has 1 unspecified atom stereocenters. The second-order valence-electron chi connectivity index (χ2n) is 17.8. The number of nitrogens with one attached hydrogen (secondary N) is 1. The van der Waals surface area contributed by atoms with Crippen molar-refractivity contribution in [2.75, 3.05) is 18.0 Å². The summed E-state index contributed by atoms with van der Waals surface area (Å²) < 4.78 is 6.47. The van der Waals surface area contributed by atoms with Crippen molar-refractivity contribution in [3.63, 3.8) is 0 Å². The monoisotopic (exact) mass is 783 g/mol. The van der Waals surface area contributed by atoms with Crippen LogP contribution in [0, 0.1) is 45.3 Å². The van der Waals surface area contributed by atoms with E-state index in [4.69, 9.17) is 16.3 Å². The van der Waals surface area contributed by atoms with Gasteiger partial charge in [0.25, 0.3) is 17.7 Å². The van der Waals surface area contributed by atoms with Crippen LogP contribution in [0.5, 0.6) is 5.75 Å². The molecule has 290 valence electrons. The molecule has 0 bridgehead atoms. The van der Waals surface area contributed by atoms with Crippen molar-refractivity contribution in [3.8, 4) is 23.7 Å². The Morgan fingerprint density at radius 1 is 0.877 bits per heavy atom. The van der Waals surface area contributed by atoms with Crippen molar-refractivity contribution in [1.82, 2.24) is 15.1 Å². The van der Waals surface area contributed by atoms with Crippen LogP contribution in [-0.4, -0.2) is 70.6 Å². The lowest BCUT2D eigenvalue weighted by Crippen LogP contribution is -2.74. The van der Waals surface area contributed by atoms with Crippen molar-refractivity contribution in [3.05, 3.63) is 93.0 Å². The van der Waals surface area contributed by atoms with Crippen molar-refractivity contribution >= 4 is 46.8 Å². The number of nitrogens with zero attached hydrogens (tertiary/aromatic N) is 4. The van der Waals surface area contributed by atoms with Crippen LogP contribution in [0.4, 0.5) is 5.69 Å². The van der Waals surface area contributed by atoms with Gasteiger partial charge >= 0.3 is 0 Å². The maximum absolute atomic E-state index is 13.8. The fraction of sp³-hybridized carbons (Fsp3) is 0.422. The van der Waals surface area contributed by atoms with Gasteiger partial charge in [-0.1, -0.05) is 51.1 Å². The molecule has 2 saturated heterocycles. The van der Waals surface area contributed by atoms with Gasteiger partial charge in [0, 0.05) is 71.7 Å². The number of halogens is 1. The van der Waals surface area contributed by atoms with E-state index in [1.807, 2.05) is 23.1 Å². The van der Waals surface area contributed by atoms with Gasteiger partial charge in [-0.05, 0) is 85.2 Å². The van der Waals surface area contributed by atoms with E-state index in [-0.39, 0.29) is 58.6 Å². The molecule has 0 radical (unpaired) electrons. The van der Waals surface area contributed by atoms with Crippen LogP contribution in [-0.2, 0) is 16.1 Å². The first kappa shape index (κ1) is 37.0. The van der Waals surface area contributed by atoms with E-state index in [1.165, 1.54) is 0 Å². The van der Waals surface area contributed by atoms with E-state index in [2.05, 4.69) is 61.9 Å². The number of benzene rings is 3. The number of nitriles is 1. The van der Waals surface area contributed by atoms with Gasteiger partial charge in [0.1, 0.15) is 24.0 Å². The third kappa shape index (κ3) is 5.81. The van der Waals surface area contributed by atoms with Crippen molar-refractivity contribution in [1.29, 1.82) is 5.26 Å². The number of fused-ring (bicyclic) bond motifs is 2. The number of hydrogen-bond acceptors (Lipinski definition) is 8. The molecular formula is C45H42ClN5O6. The molecule has 3 aromatic rings. The maximum Gasteiger partial charge on any atom is 0.262 e. The van der Waals surface area contributed by atoms with E-state index >= 15 is 0 Å². The van der Waals surface area contributed by atoms with Crippen LogP contribution in [0.15, 0.2) is 54.6 Å². The number of hydrogen-bond donors (Lipinski definition) is 1. The number of imide groups is 2. The number of carbonyl (C=O) groups is 5. The Morgan fingerprint density at radius 3 is 2.33 bits per heavy atom. The lowest BCUT2D eigenvalue weighted by Gasteiger charge is -2.65. The van der Waals surface area contributed by atoms with Gasteiger partial charge in [0.2, 0.25) is 11.8 Å². The highest BCUT2D eigenvalue weighted by Gasteiger charge is 2.67. The number of carbonyl (C=O) groups excluding carboxylic acids is 5. The first-order valence-corrected chi connectivity index (χ1v) is 19.9. The molecule has 4 heterocycles. The summed E-state index contributed by atoms with van der Waals surface area (Å²) in [6, 6.07) is 17.4. The zero-order valence-corrected chi connectivity index (χ0v) is 33.0. The molecule has 0 aromatic heterocycles. The van der Waals surface area contributed by atoms with Gasteiger partial charge in [-0.3, -0.25) is 34.2 Å². The van der Waals surface area contributed by atoms with Gasteiger partial charge in [-0.25, -0.2) is 0 Å². The molecule has 1 N–H and O–H groups in total. The quantitative estimate of drug-likeness (QED) is 0.242. The highest BCUT2D eigenvalue weighted by Crippen LogP contribution is 2.59. The highest BCUT2D eigenvalue weighted by atomic mass is 35.5. The van der Waals surface area contributed by atoms with Crippen LogP contribution < -0.4 is 15.0 Å². The average Bonchev–Trinajstić information content (AvgIpc) is 3.81. The predicted molar refractivity (Wildman–Crippen MR) is 210 cm³/mol. The molecule has 6 aliphatic rings. The molecule has 9 rings (SSSR count). The van der Waals surface area contributed by atoms with Crippen LogP contribution >= 0.6 is 11.6 Å². The van der Waals surface area contributed by atoms with E-state index in [1.54, 1.807) is 30.3 Å². The number of amides is 5. The molecular weight excluding hydrogens is 742 g/mol. The second-order valence-corrected chi connectivity index (χ2v) is 18.2. The Hall–Kier alpha value is -5.65. The first-order chi connectivity index (χ1) is 27.1. The molecule has 4 fully saturated rings. The molecule has 1 spiro atoms. The molecule has 11 nitrogen and oxygen atoms in total. The summed E-state index contributed by atoms with van der Waals surface area (Å²) in [4.78, 5) is 69.7. The standard InChI is InChI=1S/C45H42ClN5O6/c1-43(2)41(44(3,4)42(43)57-30-10-8-27(22-47)34(46)19-30)50-23-28-17-25(7-11-31(28)38(50)54)5-6-26-20-45(21-26)15-16-49(24-45)29-9-12-32-33(18-29)40(56)51(39(32)55)35-13-14-36(52)48-37(35)53/h7-12,17-19,26,35,41-42H,13-16,20-21,23-24H2,1-4H3,(H,48,52,53). The lowest BCUT2D eigenvalue weighted by molar-refractivity contribution is -0.199. The number of piperidine rings is 1. The Bertz CT molecular complexity index is 2420. The third-order valence-electron chi connectivity index (χ3n) is 13.3. The smallest absolute Gasteiger partial charge is 0.262 e. The number of rotatable bonds is 5. The summed E-state index contributed by atoms with van der Waals surface area (Å²) >= 11 is 6.29. The molecule has 5 amide bonds. The summed E-state index contributed by atoms with van der Waals surface area (Å²) in [6.07, 6.45) is 2.98. The molecule has 1 atom stereocenters. The SMILES string of the molecule is CC1(C)C(Oc2ccc(C#N)c(Cl)c2)C(C)(C)C1N1Cc2cc(C#CC3CC4(CCN(c5ccc6c(c5)C(=O)N(C5CCC(=O)NC5=O)C6=O)C4)C3)ccc2C1=O. The minimum atomic E-state index is -0.986. The summed E-state index contributed by atoms with van der Waals surface area (Å²) in [5.74, 6) is 5.77. The third-order valence-corrected chi connectivity index (χ3v) is 13.6. The minimum absolute atomic E-state index is 0.0215. The molecule has 4 aliphatic heterocycles. The van der Waals surface area contributed by atoms with Crippen LogP contribution in [0.2, 0.25) is 5.02 Å². The number of ether oxygens (including phenoxy) is 1. The van der Waals surface area contributed by atoms with Gasteiger partial charge in [0.15, 0.2) is 0 Å². The molecule has 2 aliphatic carbocycles. The van der Waals surface area contributed by atoms with E-state index in [0.717, 1.165) is 54.1 Å². The van der Waals surface area contributed by atoms with Gasteiger partial charge in [-0.2, -0.15) is 5.26 Å². The average molecular weight is 784 g/mol. The zero-order chi connectivity index (χ0) is 40.2. The largest absolute Gasteiger partial charge is 0.489 e. The normalized spacial score (nSPS) is 25.3. The van der Waals surface area contributed by atoms with Crippen LogP contribution in [0.1, 0.15) is 108 Å². The highest BCUT2D eigenvalue weighted by molar-refractivity contribution is 6.31. The van der Waals surface area contributed by atoms with Crippen LogP contribution in [0.25, 0.3) is 0 Å². The van der Waals surface area contributed by atoms with Gasteiger partial charge < -0.3 is 14.5 Å². The van der Waals surface area contributed by atoms with Gasteiger partial charge in [-0.15, -0.1) is 0 Å². The molecule has 12 heteroatoms. The predicted octanol–water partition coefficient (Wildman–Crippen LogP) is 6.11. The Balaban J connectivity index is 0.821. The Kier molecular flexibility index (Phi) is 8.39.